The van der Waals surface area contributed by atoms with Gasteiger partial charge in [0.15, 0.2) is 5.17 Å². The van der Waals surface area contributed by atoms with Crippen LogP contribution in [0.15, 0.2) is 41.4 Å². The average molecular weight is 337 g/mol. The van der Waals surface area contributed by atoms with Crippen LogP contribution in [0.25, 0.3) is 0 Å². The summed E-state index contributed by atoms with van der Waals surface area (Å²) in [4.78, 5) is 18.9. The molecule has 108 valence electrons. The highest BCUT2D eigenvalue weighted by atomic mass is 35.5. The maximum Gasteiger partial charge on any atom is 0.239 e. The number of aryl methyl sites for hydroxylation is 1. The first-order valence-corrected chi connectivity index (χ1v) is 8.55. The Morgan fingerprint density at radius 2 is 2.00 bits per heavy atom. The third-order valence-electron chi connectivity index (χ3n) is 3.02. The molecule has 1 saturated heterocycles. The van der Waals surface area contributed by atoms with Gasteiger partial charge >= 0.3 is 0 Å². The van der Waals surface area contributed by atoms with Crippen molar-refractivity contribution in [2.45, 2.75) is 18.6 Å². The molecule has 1 amide bonds. The largest absolute Gasteiger partial charge is 0.304 e. The first kappa shape index (κ1) is 14.6. The summed E-state index contributed by atoms with van der Waals surface area (Å²) in [5.74, 6) is 0.0266. The van der Waals surface area contributed by atoms with E-state index in [0.29, 0.717) is 10.2 Å². The van der Waals surface area contributed by atoms with Gasteiger partial charge in [-0.25, -0.2) is 4.99 Å². The minimum Gasteiger partial charge on any atom is -0.304 e. The number of carbonyl (C=O) groups excluding carboxylic acids is 1. The van der Waals surface area contributed by atoms with Crippen LogP contribution in [0.1, 0.15) is 9.75 Å². The Labute approximate surface area is 136 Å². The number of carbonyl (C=O) groups is 1. The first-order chi connectivity index (χ1) is 10.1. The Hall–Kier alpha value is -1.30. The Morgan fingerprint density at radius 1 is 1.24 bits per heavy atom. The summed E-state index contributed by atoms with van der Waals surface area (Å²) in [6.07, 6.45) is 0.745. The number of amides is 1. The summed E-state index contributed by atoms with van der Waals surface area (Å²) in [5, 5.41) is 4.06. The summed E-state index contributed by atoms with van der Waals surface area (Å²) in [6, 6.07) is 11.4. The average Bonchev–Trinajstić information content (AvgIpc) is 3.00. The Bertz CT molecular complexity index is 694. The van der Waals surface area contributed by atoms with Crippen LogP contribution in [0.3, 0.4) is 0 Å². The second-order valence-electron chi connectivity index (χ2n) is 4.71. The molecule has 3 nitrogen and oxygen atoms in total. The van der Waals surface area contributed by atoms with Crippen LogP contribution < -0.4 is 5.32 Å². The third-order valence-corrected chi connectivity index (χ3v) is 5.37. The summed E-state index contributed by atoms with van der Waals surface area (Å²) in [7, 11) is 0. The van der Waals surface area contributed by atoms with Crippen molar-refractivity contribution in [1.82, 2.24) is 5.32 Å². The van der Waals surface area contributed by atoms with Gasteiger partial charge < -0.3 is 5.32 Å². The zero-order valence-electron chi connectivity index (χ0n) is 11.3. The monoisotopic (exact) mass is 336 g/mol. The van der Waals surface area contributed by atoms with Crippen molar-refractivity contribution in [2.75, 3.05) is 0 Å². The van der Waals surface area contributed by atoms with Crippen molar-refractivity contribution in [1.29, 1.82) is 0 Å². The van der Waals surface area contributed by atoms with Crippen molar-refractivity contribution in [3.8, 4) is 0 Å². The third kappa shape index (κ3) is 3.67. The zero-order chi connectivity index (χ0) is 14.8. The van der Waals surface area contributed by atoms with Gasteiger partial charge in [0.1, 0.15) is 0 Å². The molecule has 0 bridgehead atoms. The summed E-state index contributed by atoms with van der Waals surface area (Å²) < 4.78 is 0. The van der Waals surface area contributed by atoms with Gasteiger partial charge in [-0.05, 0) is 43.3 Å². The fraction of sp³-hybridized carbons (Fsp3) is 0.200. The molecular formula is C15H13ClN2OS2. The van der Waals surface area contributed by atoms with Crippen LogP contribution in [0.5, 0.6) is 0 Å². The predicted molar refractivity (Wildman–Crippen MR) is 90.8 cm³/mol. The molecule has 1 aromatic heterocycles. The zero-order valence-corrected chi connectivity index (χ0v) is 13.7. The van der Waals surface area contributed by atoms with Crippen LogP contribution >= 0.6 is 34.7 Å². The summed E-state index contributed by atoms with van der Waals surface area (Å²) >= 11 is 9.07. The van der Waals surface area contributed by atoms with E-state index in [9.17, 15) is 4.79 Å². The van der Waals surface area contributed by atoms with Crippen LogP contribution in [-0.2, 0) is 11.2 Å². The lowest BCUT2D eigenvalue weighted by molar-refractivity contribution is -0.118. The lowest BCUT2D eigenvalue weighted by Crippen LogP contribution is -2.25. The van der Waals surface area contributed by atoms with Crippen molar-refractivity contribution < 1.29 is 4.79 Å². The molecule has 1 fully saturated rings. The number of hydrogen-bond acceptors (Lipinski definition) is 4. The van der Waals surface area contributed by atoms with E-state index in [0.717, 1.165) is 12.1 Å². The highest BCUT2D eigenvalue weighted by Crippen LogP contribution is 2.28. The fourth-order valence-electron chi connectivity index (χ4n) is 2.00. The molecule has 1 atom stereocenters. The Balaban J connectivity index is 1.70. The molecule has 6 heteroatoms. The maximum atomic E-state index is 12.0. The quantitative estimate of drug-likeness (QED) is 0.913. The predicted octanol–water partition coefficient (Wildman–Crippen LogP) is 4.17. The van der Waals surface area contributed by atoms with Gasteiger partial charge in [-0.1, -0.05) is 23.4 Å². The van der Waals surface area contributed by atoms with Gasteiger partial charge in [0.05, 0.1) is 10.9 Å². The van der Waals surface area contributed by atoms with E-state index >= 15 is 0 Å². The molecule has 1 aliphatic rings. The maximum absolute atomic E-state index is 12.0. The minimum absolute atomic E-state index is 0.0266. The molecule has 2 aromatic rings. The van der Waals surface area contributed by atoms with E-state index < -0.39 is 0 Å². The Kier molecular flexibility index (Phi) is 4.33. The van der Waals surface area contributed by atoms with Gasteiger partial charge in [0, 0.05) is 21.2 Å². The van der Waals surface area contributed by atoms with E-state index in [1.165, 1.54) is 21.5 Å². The number of benzene rings is 1. The molecule has 0 radical (unpaired) electrons. The van der Waals surface area contributed by atoms with Crippen LogP contribution in [0.2, 0.25) is 5.02 Å². The highest BCUT2D eigenvalue weighted by Gasteiger charge is 2.30. The highest BCUT2D eigenvalue weighted by molar-refractivity contribution is 8.15. The second kappa shape index (κ2) is 6.22. The van der Waals surface area contributed by atoms with E-state index in [1.807, 2.05) is 12.1 Å². The topological polar surface area (TPSA) is 41.5 Å². The van der Waals surface area contributed by atoms with Crippen molar-refractivity contribution >= 4 is 51.5 Å². The minimum atomic E-state index is -0.103. The number of nitrogens with zero attached hydrogens (tertiary/aromatic N) is 1. The standard InChI is InChI=1S/C15H13ClN2OS2/c1-9-2-7-12(20-9)8-13-14(19)18-15(21-13)17-11-5-3-10(16)4-6-11/h2-7,13H,8H2,1H3,(H,17,18,19). The smallest absolute Gasteiger partial charge is 0.239 e. The number of thioether (sulfide) groups is 1. The number of nitrogens with one attached hydrogen (secondary N) is 1. The van der Waals surface area contributed by atoms with Crippen molar-refractivity contribution in [3.05, 3.63) is 51.2 Å². The van der Waals surface area contributed by atoms with Crippen LogP contribution in [0.4, 0.5) is 5.69 Å². The van der Waals surface area contributed by atoms with Crippen molar-refractivity contribution in [2.24, 2.45) is 4.99 Å². The van der Waals surface area contributed by atoms with Gasteiger partial charge in [-0.3, -0.25) is 4.79 Å². The SMILES string of the molecule is Cc1ccc(CC2S/C(=N/c3ccc(Cl)cc3)NC2=O)s1. The number of hydrogen-bond donors (Lipinski definition) is 1. The first-order valence-electron chi connectivity index (χ1n) is 6.47. The fourth-order valence-corrected chi connectivity index (χ4v) is 4.19. The lowest BCUT2D eigenvalue weighted by Gasteiger charge is -2.01. The molecule has 21 heavy (non-hydrogen) atoms. The Morgan fingerprint density at radius 3 is 2.67 bits per heavy atom. The van der Waals surface area contributed by atoms with E-state index in [2.05, 4.69) is 29.4 Å². The van der Waals surface area contributed by atoms with E-state index in [1.54, 1.807) is 23.5 Å². The van der Waals surface area contributed by atoms with Crippen molar-refractivity contribution in [3.63, 3.8) is 0 Å². The molecule has 1 aromatic carbocycles. The number of rotatable bonds is 3. The molecular weight excluding hydrogens is 324 g/mol. The molecule has 1 N–H and O–H groups in total. The van der Waals surface area contributed by atoms with E-state index in [-0.39, 0.29) is 11.2 Å². The number of aliphatic imine (C=N–C) groups is 1. The molecule has 1 aliphatic heterocycles. The van der Waals surface area contributed by atoms with Gasteiger partial charge in [-0.15, -0.1) is 11.3 Å². The number of thiophene rings is 1. The van der Waals surface area contributed by atoms with E-state index in [4.69, 9.17) is 11.6 Å². The van der Waals surface area contributed by atoms with Gasteiger partial charge in [0.2, 0.25) is 5.91 Å². The molecule has 0 saturated carbocycles. The summed E-state index contributed by atoms with van der Waals surface area (Å²) in [6.45, 7) is 2.07. The molecule has 0 spiro atoms. The van der Waals surface area contributed by atoms with Crippen LogP contribution in [0, 0.1) is 6.92 Å². The molecule has 3 rings (SSSR count). The number of amidine groups is 1. The normalized spacial score (nSPS) is 20.0. The number of halogens is 1. The van der Waals surface area contributed by atoms with Gasteiger partial charge in [-0.2, -0.15) is 0 Å². The molecule has 1 unspecified atom stereocenters. The summed E-state index contributed by atoms with van der Waals surface area (Å²) in [5.41, 5.74) is 0.787. The van der Waals surface area contributed by atoms with Crippen LogP contribution in [-0.4, -0.2) is 16.3 Å². The molecule has 2 heterocycles. The second-order valence-corrected chi connectivity index (χ2v) is 7.71. The van der Waals surface area contributed by atoms with Gasteiger partial charge in [0.25, 0.3) is 0 Å². The molecule has 0 aliphatic carbocycles. The lowest BCUT2D eigenvalue weighted by atomic mass is 10.2.